The molecule has 0 aliphatic carbocycles. The van der Waals surface area contributed by atoms with Gasteiger partial charge in [-0.25, -0.2) is 8.78 Å². The zero-order valence-corrected chi connectivity index (χ0v) is 9.53. The van der Waals surface area contributed by atoms with E-state index >= 15 is 0 Å². The second kappa shape index (κ2) is 5.77. The highest BCUT2D eigenvalue weighted by Crippen LogP contribution is 2.10. The molecule has 0 saturated carbocycles. The first kappa shape index (κ1) is 12.0. The number of ether oxygens (including phenoxy) is 1. The lowest BCUT2D eigenvalue weighted by atomic mass is 10.1. The predicted octanol–water partition coefficient (Wildman–Crippen LogP) is 2.35. The molecule has 1 aromatic carbocycles. The van der Waals surface area contributed by atoms with Crippen LogP contribution in [0, 0.1) is 11.6 Å². The maximum atomic E-state index is 13.3. The number of hydrogen-bond donors (Lipinski definition) is 0. The van der Waals surface area contributed by atoms with Gasteiger partial charge in [0.2, 0.25) is 0 Å². The van der Waals surface area contributed by atoms with Gasteiger partial charge in [0.15, 0.2) is 0 Å². The fourth-order valence-electron chi connectivity index (χ4n) is 1.74. The third-order valence-electron chi connectivity index (χ3n) is 2.71. The minimum Gasteiger partial charge on any atom is -0.378 e. The Morgan fingerprint density at radius 1 is 1.24 bits per heavy atom. The predicted molar refractivity (Wildman–Crippen MR) is 61.6 cm³/mol. The molecule has 1 fully saturated rings. The largest absolute Gasteiger partial charge is 0.378 e. The van der Waals surface area contributed by atoms with Gasteiger partial charge < -0.3 is 9.64 Å². The topological polar surface area (TPSA) is 12.5 Å². The Labute approximate surface area is 99.5 Å². The van der Waals surface area contributed by atoms with E-state index in [1.165, 1.54) is 12.1 Å². The summed E-state index contributed by atoms with van der Waals surface area (Å²) in [6.45, 7) is 3.19. The van der Waals surface area contributed by atoms with Gasteiger partial charge in [0, 0.05) is 19.2 Å². The monoisotopic (exact) mass is 239 g/mol. The van der Waals surface area contributed by atoms with Gasteiger partial charge in [-0.3, -0.25) is 0 Å². The molecule has 1 aromatic rings. The molecule has 17 heavy (non-hydrogen) atoms. The van der Waals surface area contributed by atoms with Gasteiger partial charge >= 0.3 is 0 Å². The van der Waals surface area contributed by atoms with Crippen molar-refractivity contribution in [3.63, 3.8) is 0 Å². The summed E-state index contributed by atoms with van der Waals surface area (Å²) in [6, 6.07) is 3.67. The molecule has 0 spiro atoms. The molecule has 0 bridgehead atoms. The van der Waals surface area contributed by atoms with E-state index in [-0.39, 0.29) is 0 Å². The number of nitrogens with zero attached hydrogens (tertiary/aromatic N) is 1. The number of allylic oxidation sites excluding steroid dienone is 1. The standard InChI is InChI=1S/C13H15F2NO/c14-12-4-3-11(13(15)10-12)2-1-5-16-6-8-17-9-7-16/h1,3-5,10H,2,6-9H2. The highest BCUT2D eigenvalue weighted by Gasteiger charge is 2.05. The maximum Gasteiger partial charge on any atom is 0.129 e. The normalized spacial score (nSPS) is 16.7. The van der Waals surface area contributed by atoms with Gasteiger partial charge in [0.25, 0.3) is 0 Å². The Morgan fingerprint density at radius 2 is 2.00 bits per heavy atom. The summed E-state index contributed by atoms with van der Waals surface area (Å²) in [7, 11) is 0. The Bertz CT molecular complexity index is 400. The Morgan fingerprint density at radius 3 is 2.71 bits per heavy atom. The molecule has 1 aliphatic rings. The highest BCUT2D eigenvalue weighted by atomic mass is 19.1. The fraction of sp³-hybridized carbons (Fsp3) is 0.385. The van der Waals surface area contributed by atoms with Crippen molar-refractivity contribution in [1.82, 2.24) is 4.90 Å². The van der Waals surface area contributed by atoms with E-state index in [9.17, 15) is 8.78 Å². The average molecular weight is 239 g/mol. The van der Waals surface area contributed by atoms with Crippen molar-refractivity contribution >= 4 is 0 Å². The van der Waals surface area contributed by atoms with Crippen LogP contribution in [0.4, 0.5) is 8.78 Å². The van der Waals surface area contributed by atoms with Crippen molar-refractivity contribution in [1.29, 1.82) is 0 Å². The first-order chi connectivity index (χ1) is 8.25. The molecule has 92 valence electrons. The van der Waals surface area contributed by atoms with Gasteiger partial charge in [-0.15, -0.1) is 0 Å². The Balaban J connectivity index is 1.90. The summed E-state index contributed by atoms with van der Waals surface area (Å²) in [4.78, 5) is 2.13. The van der Waals surface area contributed by atoms with Crippen LogP contribution < -0.4 is 0 Å². The van der Waals surface area contributed by atoms with Gasteiger partial charge in [-0.1, -0.05) is 12.1 Å². The highest BCUT2D eigenvalue weighted by molar-refractivity contribution is 5.20. The summed E-state index contributed by atoms with van der Waals surface area (Å²) >= 11 is 0. The van der Waals surface area contributed by atoms with Crippen molar-refractivity contribution in [3.8, 4) is 0 Å². The summed E-state index contributed by atoms with van der Waals surface area (Å²) in [5.74, 6) is -1.03. The van der Waals surface area contributed by atoms with E-state index < -0.39 is 11.6 Å². The Hall–Kier alpha value is -1.42. The van der Waals surface area contributed by atoms with Crippen molar-refractivity contribution in [3.05, 3.63) is 47.7 Å². The number of benzene rings is 1. The molecule has 0 radical (unpaired) electrons. The molecule has 1 heterocycles. The van der Waals surface area contributed by atoms with Gasteiger partial charge in [0.1, 0.15) is 11.6 Å². The first-order valence-electron chi connectivity index (χ1n) is 5.68. The summed E-state index contributed by atoms with van der Waals surface area (Å²) < 4.78 is 31.2. The van der Waals surface area contributed by atoms with E-state index in [0.29, 0.717) is 12.0 Å². The Kier molecular flexibility index (Phi) is 4.09. The summed E-state index contributed by atoms with van der Waals surface area (Å²) in [5, 5.41) is 0. The summed E-state index contributed by atoms with van der Waals surface area (Å²) in [6.07, 6.45) is 4.32. The third kappa shape index (κ3) is 3.53. The van der Waals surface area contributed by atoms with Crippen LogP contribution in [0.5, 0.6) is 0 Å². The fourth-order valence-corrected chi connectivity index (χ4v) is 1.74. The molecule has 0 N–H and O–H groups in total. The van der Waals surface area contributed by atoms with Crippen LogP contribution in [-0.2, 0) is 11.2 Å². The molecule has 0 aromatic heterocycles. The zero-order chi connectivity index (χ0) is 12.1. The van der Waals surface area contributed by atoms with Crippen LogP contribution in [0.3, 0.4) is 0 Å². The first-order valence-corrected chi connectivity index (χ1v) is 5.68. The minimum absolute atomic E-state index is 0.476. The van der Waals surface area contributed by atoms with Crippen molar-refractivity contribution < 1.29 is 13.5 Å². The quantitative estimate of drug-likeness (QED) is 0.802. The van der Waals surface area contributed by atoms with E-state index in [2.05, 4.69) is 4.90 Å². The SMILES string of the molecule is Fc1ccc(CC=CN2CCOCC2)c(F)c1. The molecule has 2 nitrogen and oxygen atoms in total. The van der Waals surface area contributed by atoms with E-state index in [0.717, 1.165) is 32.4 Å². The lowest BCUT2D eigenvalue weighted by Gasteiger charge is -2.25. The second-order valence-corrected chi connectivity index (χ2v) is 3.97. The molecule has 1 aliphatic heterocycles. The lowest BCUT2D eigenvalue weighted by Crippen LogP contribution is -2.32. The maximum absolute atomic E-state index is 13.3. The average Bonchev–Trinajstić information content (AvgIpc) is 2.33. The molecular weight excluding hydrogens is 224 g/mol. The van der Waals surface area contributed by atoms with Gasteiger partial charge in [-0.05, 0) is 24.3 Å². The molecule has 2 rings (SSSR count). The number of rotatable bonds is 3. The zero-order valence-electron chi connectivity index (χ0n) is 9.53. The van der Waals surface area contributed by atoms with E-state index in [4.69, 9.17) is 4.74 Å². The van der Waals surface area contributed by atoms with Crippen LogP contribution in [0.25, 0.3) is 0 Å². The molecule has 0 amide bonds. The molecule has 1 saturated heterocycles. The van der Waals surface area contributed by atoms with Crippen LogP contribution in [0.15, 0.2) is 30.5 Å². The smallest absolute Gasteiger partial charge is 0.129 e. The van der Waals surface area contributed by atoms with Crippen LogP contribution >= 0.6 is 0 Å². The van der Waals surface area contributed by atoms with Gasteiger partial charge in [0.05, 0.1) is 13.2 Å². The van der Waals surface area contributed by atoms with Crippen LogP contribution in [0.2, 0.25) is 0 Å². The minimum atomic E-state index is -0.539. The van der Waals surface area contributed by atoms with E-state index in [1.54, 1.807) is 0 Å². The lowest BCUT2D eigenvalue weighted by molar-refractivity contribution is 0.0593. The third-order valence-corrected chi connectivity index (χ3v) is 2.71. The summed E-state index contributed by atoms with van der Waals surface area (Å²) in [5.41, 5.74) is 0.510. The molecule has 4 heteroatoms. The molecule has 0 unspecified atom stereocenters. The number of hydrogen-bond acceptors (Lipinski definition) is 2. The van der Waals surface area contributed by atoms with Crippen molar-refractivity contribution in [2.24, 2.45) is 0 Å². The van der Waals surface area contributed by atoms with Crippen molar-refractivity contribution in [2.75, 3.05) is 26.3 Å². The van der Waals surface area contributed by atoms with Gasteiger partial charge in [-0.2, -0.15) is 0 Å². The van der Waals surface area contributed by atoms with Crippen molar-refractivity contribution in [2.45, 2.75) is 6.42 Å². The van der Waals surface area contributed by atoms with E-state index in [1.807, 2.05) is 12.3 Å². The van der Waals surface area contributed by atoms with Crippen LogP contribution in [-0.4, -0.2) is 31.2 Å². The molecule has 0 atom stereocenters. The number of morpholine rings is 1. The second-order valence-electron chi connectivity index (χ2n) is 3.97. The van der Waals surface area contributed by atoms with Crippen LogP contribution in [0.1, 0.15) is 5.56 Å². The molecular formula is C13H15F2NO. The number of halogens is 2.